The van der Waals surface area contributed by atoms with Gasteiger partial charge >= 0.3 is 0 Å². The fourth-order valence-corrected chi connectivity index (χ4v) is 6.25. The van der Waals surface area contributed by atoms with Gasteiger partial charge in [-0.1, -0.05) is 6.92 Å². The first kappa shape index (κ1) is 24.2. The van der Waals surface area contributed by atoms with Crippen LogP contribution in [0.15, 0.2) is 24.3 Å². The number of nitrogens with zero attached hydrogens (tertiary/aromatic N) is 2. The van der Waals surface area contributed by atoms with Crippen molar-refractivity contribution in [3.63, 3.8) is 0 Å². The molecular formula is C28H39N3O4. The summed E-state index contributed by atoms with van der Waals surface area (Å²) in [4.78, 5) is 5.38. The van der Waals surface area contributed by atoms with Gasteiger partial charge < -0.3 is 24.3 Å². The van der Waals surface area contributed by atoms with E-state index >= 15 is 0 Å². The predicted octanol–water partition coefficient (Wildman–Crippen LogP) is 3.60. The van der Waals surface area contributed by atoms with Gasteiger partial charge in [0.25, 0.3) is 0 Å². The summed E-state index contributed by atoms with van der Waals surface area (Å²) in [5.41, 5.74) is 5.47. The molecule has 0 aromatic heterocycles. The highest BCUT2D eigenvalue weighted by Gasteiger charge is 2.39. The van der Waals surface area contributed by atoms with Gasteiger partial charge in [0.05, 0.1) is 28.4 Å². The van der Waals surface area contributed by atoms with Crippen molar-refractivity contribution in [3.05, 3.63) is 46.5 Å². The fourth-order valence-electron chi connectivity index (χ4n) is 6.25. The van der Waals surface area contributed by atoms with Gasteiger partial charge in [-0.25, -0.2) is 0 Å². The van der Waals surface area contributed by atoms with E-state index in [2.05, 4.69) is 46.3 Å². The highest BCUT2D eigenvalue weighted by molar-refractivity contribution is 5.51. The number of nitrogens with one attached hydrogen (secondary N) is 1. The van der Waals surface area contributed by atoms with Crippen LogP contribution in [0.5, 0.6) is 23.0 Å². The molecule has 1 fully saturated rings. The monoisotopic (exact) mass is 481 g/mol. The number of hydrogen-bond acceptors (Lipinski definition) is 7. The number of methoxy groups -OCH3 is 4. The van der Waals surface area contributed by atoms with E-state index in [1.54, 1.807) is 28.4 Å². The van der Waals surface area contributed by atoms with Crippen LogP contribution < -0.4 is 24.3 Å². The standard InChI is InChI=1S/C28H39N3O4/c1-6-20-15-30-10-8-19-12-26(33-3)28(35-5)14-22(19)24(30)17-31(20)16-23-21-13-27(34-4)25(32-2)11-18(21)7-9-29-23/h11-14,20,23-24,29H,6-10,15-17H2,1-5H3/t20-,23+,24-/m0/s1. The van der Waals surface area contributed by atoms with Crippen LogP contribution in [0.25, 0.3) is 0 Å². The molecule has 0 aliphatic carbocycles. The molecule has 190 valence electrons. The molecule has 7 heteroatoms. The van der Waals surface area contributed by atoms with E-state index < -0.39 is 0 Å². The molecule has 2 aromatic carbocycles. The molecule has 7 nitrogen and oxygen atoms in total. The molecule has 0 amide bonds. The first-order valence-corrected chi connectivity index (χ1v) is 12.8. The molecule has 0 spiro atoms. The van der Waals surface area contributed by atoms with Crippen LogP contribution in [-0.4, -0.2) is 77.0 Å². The van der Waals surface area contributed by atoms with Crippen LogP contribution in [0.4, 0.5) is 0 Å². The molecule has 0 unspecified atom stereocenters. The third kappa shape index (κ3) is 4.46. The molecule has 1 N–H and O–H groups in total. The molecule has 3 heterocycles. The maximum atomic E-state index is 5.66. The molecule has 3 atom stereocenters. The van der Waals surface area contributed by atoms with Crippen molar-refractivity contribution < 1.29 is 18.9 Å². The summed E-state index contributed by atoms with van der Waals surface area (Å²) in [6.45, 7) is 7.49. The Morgan fingerprint density at radius 2 is 1.40 bits per heavy atom. The van der Waals surface area contributed by atoms with E-state index in [1.165, 1.54) is 22.3 Å². The van der Waals surface area contributed by atoms with E-state index in [4.69, 9.17) is 18.9 Å². The summed E-state index contributed by atoms with van der Waals surface area (Å²) in [5.74, 6) is 3.27. The Balaban J connectivity index is 1.43. The van der Waals surface area contributed by atoms with Gasteiger partial charge in [0, 0.05) is 44.3 Å². The zero-order valence-corrected chi connectivity index (χ0v) is 21.7. The molecule has 3 aliphatic rings. The van der Waals surface area contributed by atoms with E-state index in [0.717, 1.165) is 75.0 Å². The van der Waals surface area contributed by atoms with Crippen molar-refractivity contribution in [1.29, 1.82) is 0 Å². The lowest BCUT2D eigenvalue weighted by atomic mass is 9.87. The second-order valence-electron chi connectivity index (χ2n) is 9.85. The van der Waals surface area contributed by atoms with E-state index in [1.807, 2.05) is 0 Å². The molecule has 3 aliphatic heterocycles. The maximum Gasteiger partial charge on any atom is 0.161 e. The number of rotatable bonds is 7. The Kier molecular flexibility index (Phi) is 7.09. The van der Waals surface area contributed by atoms with Crippen LogP contribution in [-0.2, 0) is 12.8 Å². The van der Waals surface area contributed by atoms with Gasteiger partial charge in [-0.2, -0.15) is 0 Å². The first-order valence-electron chi connectivity index (χ1n) is 12.8. The highest BCUT2D eigenvalue weighted by atomic mass is 16.5. The second kappa shape index (κ2) is 10.2. The summed E-state index contributed by atoms with van der Waals surface area (Å²) in [5, 5.41) is 3.79. The number of fused-ring (bicyclic) bond motifs is 4. The van der Waals surface area contributed by atoms with Crippen molar-refractivity contribution in [2.45, 2.75) is 44.3 Å². The molecule has 0 bridgehead atoms. The number of hydrogen-bond donors (Lipinski definition) is 1. The minimum absolute atomic E-state index is 0.271. The number of ether oxygens (including phenoxy) is 4. The number of benzene rings is 2. The third-order valence-electron chi connectivity index (χ3n) is 8.18. The van der Waals surface area contributed by atoms with Crippen LogP contribution in [0.3, 0.4) is 0 Å². The molecule has 1 saturated heterocycles. The molecule has 5 rings (SSSR count). The summed E-state index contributed by atoms with van der Waals surface area (Å²) in [6.07, 6.45) is 3.21. The third-order valence-corrected chi connectivity index (χ3v) is 8.18. The lowest BCUT2D eigenvalue weighted by Crippen LogP contribution is -2.57. The maximum absolute atomic E-state index is 5.66. The lowest BCUT2D eigenvalue weighted by molar-refractivity contribution is 0.0144. The van der Waals surface area contributed by atoms with Gasteiger partial charge in [-0.05, 0) is 72.3 Å². The average Bonchev–Trinajstić information content (AvgIpc) is 2.91. The fraction of sp³-hybridized carbons (Fsp3) is 0.571. The Hall–Kier alpha value is -2.48. The zero-order valence-electron chi connectivity index (χ0n) is 21.7. The summed E-state index contributed by atoms with van der Waals surface area (Å²) < 4.78 is 22.5. The first-order chi connectivity index (χ1) is 17.1. The minimum atomic E-state index is 0.271. The molecule has 35 heavy (non-hydrogen) atoms. The molecule has 0 saturated carbocycles. The predicted molar refractivity (Wildman–Crippen MR) is 137 cm³/mol. The van der Waals surface area contributed by atoms with E-state index in [-0.39, 0.29) is 6.04 Å². The second-order valence-corrected chi connectivity index (χ2v) is 9.85. The Bertz CT molecular complexity index is 1060. The Morgan fingerprint density at radius 1 is 0.800 bits per heavy atom. The highest BCUT2D eigenvalue weighted by Crippen LogP contribution is 2.41. The van der Waals surface area contributed by atoms with Crippen molar-refractivity contribution in [2.75, 3.05) is 61.2 Å². The SMILES string of the molecule is CC[C@H]1CN2CCc3cc(OC)c(OC)cc3[C@@H]2CN1C[C@H]1NCCc2cc(OC)c(OC)cc21. The van der Waals surface area contributed by atoms with Crippen molar-refractivity contribution in [3.8, 4) is 23.0 Å². The van der Waals surface area contributed by atoms with Gasteiger partial charge in [-0.15, -0.1) is 0 Å². The Labute approximate surface area is 209 Å². The van der Waals surface area contributed by atoms with Gasteiger partial charge in [0.15, 0.2) is 23.0 Å². The van der Waals surface area contributed by atoms with Crippen molar-refractivity contribution >= 4 is 0 Å². The largest absolute Gasteiger partial charge is 0.493 e. The van der Waals surface area contributed by atoms with Crippen LogP contribution in [0, 0.1) is 0 Å². The summed E-state index contributed by atoms with van der Waals surface area (Å²) in [6, 6.07) is 9.91. The average molecular weight is 482 g/mol. The van der Waals surface area contributed by atoms with Crippen LogP contribution in [0.2, 0.25) is 0 Å². The zero-order chi connectivity index (χ0) is 24.5. The normalized spacial score (nSPS) is 24.2. The quantitative estimate of drug-likeness (QED) is 0.649. The lowest BCUT2D eigenvalue weighted by Gasteiger charge is -2.50. The summed E-state index contributed by atoms with van der Waals surface area (Å²) >= 11 is 0. The Morgan fingerprint density at radius 3 is 2.03 bits per heavy atom. The van der Waals surface area contributed by atoms with Gasteiger partial charge in [-0.3, -0.25) is 9.80 Å². The smallest absolute Gasteiger partial charge is 0.161 e. The molecular weight excluding hydrogens is 442 g/mol. The minimum Gasteiger partial charge on any atom is -0.493 e. The van der Waals surface area contributed by atoms with Crippen LogP contribution >= 0.6 is 0 Å². The van der Waals surface area contributed by atoms with Crippen molar-refractivity contribution in [2.24, 2.45) is 0 Å². The number of piperazine rings is 1. The van der Waals surface area contributed by atoms with Crippen LogP contribution in [0.1, 0.15) is 47.7 Å². The summed E-state index contributed by atoms with van der Waals surface area (Å²) in [7, 11) is 6.86. The van der Waals surface area contributed by atoms with Crippen molar-refractivity contribution in [1.82, 2.24) is 15.1 Å². The van der Waals surface area contributed by atoms with E-state index in [9.17, 15) is 0 Å². The van der Waals surface area contributed by atoms with E-state index in [0.29, 0.717) is 12.1 Å². The molecule has 2 aromatic rings. The van der Waals surface area contributed by atoms with Gasteiger partial charge in [0.2, 0.25) is 0 Å². The topological polar surface area (TPSA) is 55.4 Å². The van der Waals surface area contributed by atoms with Gasteiger partial charge in [0.1, 0.15) is 0 Å². The molecule has 0 radical (unpaired) electrons.